The smallest absolute Gasteiger partial charge is 0.321 e. The summed E-state index contributed by atoms with van der Waals surface area (Å²) in [6.45, 7) is 4.78. The Labute approximate surface area is 189 Å². The number of hydrogen-bond acceptors (Lipinski definition) is 3. The summed E-state index contributed by atoms with van der Waals surface area (Å²) in [6.07, 6.45) is 5.55. The minimum atomic E-state index is -0.172. The number of nitrogens with zero attached hydrogens (tertiary/aromatic N) is 3. The first-order chi connectivity index (χ1) is 15.6. The van der Waals surface area contributed by atoms with E-state index < -0.39 is 0 Å². The van der Waals surface area contributed by atoms with Crippen molar-refractivity contribution < 1.29 is 9.18 Å². The van der Waals surface area contributed by atoms with Crippen LogP contribution in [0.3, 0.4) is 0 Å². The molecule has 2 fully saturated rings. The van der Waals surface area contributed by atoms with Gasteiger partial charge in [-0.2, -0.15) is 5.26 Å². The van der Waals surface area contributed by atoms with Crippen molar-refractivity contribution in [2.75, 3.05) is 38.0 Å². The van der Waals surface area contributed by atoms with Gasteiger partial charge in [-0.3, -0.25) is 0 Å². The first kappa shape index (κ1) is 22.3. The van der Waals surface area contributed by atoms with Crippen LogP contribution in [-0.4, -0.2) is 48.6 Å². The second-order valence-electron chi connectivity index (χ2n) is 9.15. The molecule has 0 saturated carbocycles. The highest BCUT2D eigenvalue weighted by atomic mass is 19.1. The summed E-state index contributed by atoms with van der Waals surface area (Å²) in [4.78, 5) is 17.2. The number of carbonyl (C=O) groups excluding carboxylic acids is 1. The second kappa shape index (κ2) is 10.6. The minimum Gasteiger partial charge on any atom is -0.324 e. The molecule has 2 aliphatic heterocycles. The largest absolute Gasteiger partial charge is 0.324 e. The van der Waals surface area contributed by atoms with E-state index in [0.29, 0.717) is 23.1 Å². The van der Waals surface area contributed by atoms with E-state index in [4.69, 9.17) is 5.26 Å². The number of amides is 2. The van der Waals surface area contributed by atoms with Crippen molar-refractivity contribution >= 4 is 11.7 Å². The van der Waals surface area contributed by atoms with Crippen LogP contribution in [0.2, 0.25) is 0 Å². The lowest BCUT2D eigenvalue weighted by Crippen LogP contribution is -2.46. The maximum absolute atomic E-state index is 13.1. The molecule has 2 saturated heterocycles. The highest BCUT2D eigenvalue weighted by Crippen LogP contribution is 2.25. The molecule has 6 heteroatoms. The third kappa shape index (κ3) is 6.08. The average molecular weight is 435 g/mol. The molecule has 0 aromatic heterocycles. The normalized spacial score (nSPS) is 20.0. The zero-order chi connectivity index (χ0) is 22.3. The van der Waals surface area contributed by atoms with E-state index in [-0.39, 0.29) is 11.8 Å². The van der Waals surface area contributed by atoms with Gasteiger partial charge < -0.3 is 15.1 Å². The molecular weight excluding hydrogens is 403 g/mol. The van der Waals surface area contributed by atoms with Crippen molar-refractivity contribution in [3.8, 4) is 6.07 Å². The van der Waals surface area contributed by atoms with Crippen LogP contribution in [0.4, 0.5) is 14.9 Å². The Morgan fingerprint density at radius 2 is 1.84 bits per heavy atom. The molecule has 2 aromatic carbocycles. The van der Waals surface area contributed by atoms with E-state index in [1.165, 1.54) is 18.4 Å². The molecule has 0 bridgehead atoms. The molecule has 0 spiro atoms. The third-order valence-electron chi connectivity index (χ3n) is 6.71. The van der Waals surface area contributed by atoms with Crippen molar-refractivity contribution in [3.63, 3.8) is 0 Å². The van der Waals surface area contributed by atoms with Crippen molar-refractivity contribution in [2.24, 2.45) is 11.8 Å². The molecule has 2 amide bonds. The Balaban J connectivity index is 1.22. The third-order valence-corrected chi connectivity index (χ3v) is 6.71. The van der Waals surface area contributed by atoms with Gasteiger partial charge in [0.15, 0.2) is 0 Å². The maximum atomic E-state index is 13.1. The monoisotopic (exact) mass is 434 g/mol. The number of anilines is 1. The molecule has 0 aliphatic carbocycles. The molecule has 2 aliphatic rings. The molecule has 1 N–H and O–H groups in total. The van der Waals surface area contributed by atoms with Gasteiger partial charge in [0.1, 0.15) is 5.82 Å². The van der Waals surface area contributed by atoms with Crippen LogP contribution in [0.5, 0.6) is 0 Å². The Hall–Kier alpha value is -2.91. The average Bonchev–Trinajstić information content (AvgIpc) is 2.82. The summed E-state index contributed by atoms with van der Waals surface area (Å²) in [5.41, 5.74) is 2.43. The molecule has 2 aromatic rings. The molecular formula is C26H31FN4O. The first-order valence-electron chi connectivity index (χ1n) is 11.6. The summed E-state index contributed by atoms with van der Waals surface area (Å²) >= 11 is 0. The van der Waals surface area contributed by atoms with Crippen LogP contribution >= 0.6 is 0 Å². The van der Waals surface area contributed by atoms with Crippen molar-refractivity contribution in [1.82, 2.24) is 9.80 Å². The number of piperidine rings is 2. The van der Waals surface area contributed by atoms with Crippen LogP contribution < -0.4 is 5.32 Å². The summed E-state index contributed by atoms with van der Waals surface area (Å²) < 4.78 is 13.1. The lowest BCUT2D eigenvalue weighted by Gasteiger charge is -2.38. The molecule has 4 rings (SSSR count). The summed E-state index contributed by atoms with van der Waals surface area (Å²) in [7, 11) is 0. The van der Waals surface area contributed by atoms with Gasteiger partial charge in [-0.05, 0) is 92.9 Å². The quantitative estimate of drug-likeness (QED) is 0.728. The van der Waals surface area contributed by atoms with Gasteiger partial charge in [0, 0.05) is 25.3 Å². The maximum Gasteiger partial charge on any atom is 0.321 e. The van der Waals surface area contributed by atoms with Gasteiger partial charge in [0.05, 0.1) is 11.6 Å². The highest BCUT2D eigenvalue weighted by Gasteiger charge is 2.27. The topological polar surface area (TPSA) is 59.4 Å². The molecule has 5 nitrogen and oxygen atoms in total. The zero-order valence-electron chi connectivity index (χ0n) is 18.5. The number of hydrogen-bond donors (Lipinski definition) is 1. The van der Waals surface area contributed by atoms with Crippen molar-refractivity contribution in [2.45, 2.75) is 32.1 Å². The van der Waals surface area contributed by atoms with E-state index in [2.05, 4.69) is 16.3 Å². The standard InChI is InChI=1S/C26H31FN4O/c27-24-8-6-20(7-9-24)15-21-10-13-30(14-11-21)18-23-4-2-12-31(19-23)26(32)29-25-5-1-3-22(16-25)17-28/h1,3,5-9,16,21,23H,2,4,10-15,18-19H2,(H,29,32). The number of halogens is 1. The van der Waals surface area contributed by atoms with Gasteiger partial charge in [-0.25, -0.2) is 9.18 Å². The molecule has 1 atom stereocenters. The van der Waals surface area contributed by atoms with E-state index in [1.807, 2.05) is 23.1 Å². The summed E-state index contributed by atoms with van der Waals surface area (Å²) in [5, 5.41) is 12.0. The van der Waals surface area contributed by atoms with Crippen LogP contribution in [0, 0.1) is 29.0 Å². The van der Waals surface area contributed by atoms with Crippen molar-refractivity contribution in [1.29, 1.82) is 5.26 Å². The Bertz CT molecular complexity index is 947. The number of likely N-dealkylation sites (tertiary alicyclic amines) is 2. The number of benzene rings is 2. The summed E-state index contributed by atoms with van der Waals surface area (Å²) in [6, 6.07) is 16.0. The second-order valence-corrected chi connectivity index (χ2v) is 9.15. The highest BCUT2D eigenvalue weighted by molar-refractivity contribution is 5.89. The van der Waals surface area contributed by atoms with Crippen LogP contribution in [0.25, 0.3) is 0 Å². The first-order valence-corrected chi connectivity index (χ1v) is 11.6. The predicted octanol–water partition coefficient (Wildman–Crippen LogP) is 4.90. The molecule has 1 unspecified atom stereocenters. The van der Waals surface area contributed by atoms with E-state index in [1.54, 1.807) is 30.3 Å². The molecule has 168 valence electrons. The SMILES string of the molecule is N#Cc1cccc(NC(=O)N2CCCC(CN3CCC(Cc4ccc(F)cc4)CC3)C2)c1. The van der Waals surface area contributed by atoms with Gasteiger partial charge >= 0.3 is 6.03 Å². The number of rotatable bonds is 5. The number of nitrogens with one attached hydrogen (secondary N) is 1. The van der Waals surface area contributed by atoms with Crippen molar-refractivity contribution in [3.05, 3.63) is 65.5 Å². The lowest BCUT2D eigenvalue weighted by molar-refractivity contribution is 0.121. The Kier molecular flexibility index (Phi) is 7.39. The predicted molar refractivity (Wildman–Crippen MR) is 124 cm³/mol. The van der Waals surface area contributed by atoms with Gasteiger partial charge in [-0.15, -0.1) is 0 Å². The zero-order valence-corrected chi connectivity index (χ0v) is 18.5. The molecule has 32 heavy (non-hydrogen) atoms. The fourth-order valence-electron chi connectivity index (χ4n) is 4.96. The number of urea groups is 1. The van der Waals surface area contributed by atoms with E-state index >= 15 is 0 Å². The lowest BCUT2D eigenvalue weighted by atomic mass is 9.89. The van der Waals surface area contributed by atoms with Crippen LogP contribution in [0.15, 0.2) is 48.5 Å². The van der Waals surface area contributed by atoms with Gasteiger partial charge in [0.2, 0.25) is 0 Å². The van der Waals surface area contributed by atoms with E-state index in [0.717, 1.165) is 52.0 Å². The number of nitriles is 1. The Morgan fingerprint density at radius 1 is 1.06 bits per heavy atom. The van der Waals surface area contributed by atoms with Gasteiger partial charge in [-0.1, -0.05) is 18.2 Å². The van der Waals surface area contributed by atoms with Crippen LogP contribution in [0.1, 0.15) is 36.8 Å². The van der Waals surface area contributed by atoms with Gasteiger partial charge in [0.25, 0.3) is 0 Å². The fourth-order valence-corrected chi connectivity index (χ4v) is 4.96. The molecule has 0 radical (unpaired) electrons. The fraction of sp³-hybridized carbons (Fsp3) is 0.462. The minimum absolute atomic E-state index is 0.0807. The van der Waals surface area contributed by atoms with Crippen LogP contribution in [-0.2, 0) is 6.42 Å². The Morgan fingerprint density at radius 3 is 2.59 bits per heavy atom. The summed E-state index contributed by atoms with van der Waals surface area (Å²) in [5.74, 6) is 0.984. The molecule has 2 heterocycles. The van der Waals surface area contributed by atoms with E-state index in [9.17, 15) is 9.18 Å². The number of carbonyl (C=O) groups is 1.